The molecule has 6 nitrogen and oxygen atoms in total. The van der Waals surface area contributed by atoms with Gasteiger partial charge in [0.1, 0.15) is 17.2 Å². The van der Waals surface area contributed by atoms with Crippen LogP contribution in [0.3, 0.4) is 0 Å². The van der Waals surface area contributed by atoms with Gasteiger partial charge in [0.25, 0.3) is 0 Å². The van der Waals surface area contributed by atoms with E-state index in [1.165, 1.54) is 24.9 Å². The van der Waals surface area contributed by atoms with Crippen molar-refractivity contribution in [3.8, 4) is 21.8 Å². The Bertz CT molecular complexity index is 1090. The molecule has 0 atom stereocenters. The maximum atomic E-state index is 6.12. The Morgan fingerprint density at radius 3 is 2.56 bits per heavy atom. The number of nitrogens with two attached hydrogens (primary N) is 1. The number of hydrogen-bond donors (Lipinski definition) is 1. The lowest BCUT2D eigenvalue weighted by molar-refractivity contribution is 0.949. The summed E-state index contributed by atoms with van der Waals surface area (Å²) in [6.07, 6.45) is 5.78. The molecule has 0 unspecified atom stereocenters. The first-order chi connectivity index (χ1) is 13.3. The van der Waals surface area contributed by atoms with Gasteiger partial charge in [0.2, 0.25) is 0 Å². The van der Waals surface area contributed by atoms with Crippen molar-refractivity contribution in [2.75, 3.05) is 23.7 Å². The normalized spacial score (nSPS) is 14.1. The number of nitrogens with zero attached hydrogens (tertiary/aromatic N) is 5. The number of anilines is 2. The molecule has 3 aromatic heterocycles. The second-order valence-corrected chi connectivity index (χ2v) is 7.49. The van der Waals surface area contributed by atoms with E-state index in [9.17, 15) is 0 Å². The van der Waals surface area contributed by atoms with Gasteiger partial charge < -0.3 is 10.6 Å². The highest BCUT2D eigenvalue weighted by Crippen LogP contribution is 2.35. The Hall–Kier alpha value is -3.06. The summed E-state index contributed by atoms with van der Waals surface area (Å²) in [6.45, 7) is 2.27. The monoisotopic (exact) mass is 374 g/mol. The minimum absolute atomic E-state index is 0.425. The maximum absolute atomic E-state index is 6.12. The van der Waals surface area contributed by atoms with E-state index in [1.807, 2.05) is 11.4 Å². The average molecular weight is 374 g/mol. The molecule has 2 N–H and O–H groups in total. The Kier molecular flexibility index (Phi) is 3.94. The smallest absolute Gasteiger partial charge is 0.165 e. The van der Waals surface area contributed by atoms with E-state index < -0.39 is 0 Å². The fourth-order valence-electron chi connectivity index (χ4n) is 3.58. The van der Waals surface area contributed by atoms with Gasteiger partial charge in [0.15, 0.2) is 5.65 Å². The molecule has 1 fully saturated rings. The van der Waals surface area contributed by atoms with Crippen LogP contribution in [0.2, 0.25) is 0 Å². The fraction of sp³-hybridized carbons (Fsp3) is 0.200. The van der Waals surface area contributed by atoms with Crippen molar-refractivity contribution < 1.29 is 0 Å². The average Bonchev–Trinajstić information content (AvgIpc) is 3.42. The number of thiazole rings is 1. The van der Waals surface area contributed by atoms with E-state index in [1.54, 1.807) is 17.5 Å². The van der Waals surface area contributed by atoms with Crippen molar-refractivity contribution in [2.45, 2.75) is 12.8 Å². The van der Waals surface area contributed by atoms with Crippen LogP contribution >= 0.6 is 11.3 Å². The lowest BCUT2D eigenvalue weighted by Gasteiger charge is -2.17. The first-order valence-corrected chi connectivity index (χ1v) is 9.84. The van der Waals surface area contributed by atoms with E-state index in [-0.39, 0.29) is 0 Å². The zero-order chi connectivity index (χ0) is 18.2. The van der Waals surface area contributed by atoms with Crippen LogP contribution in [-0.2, 0) is 0 Å². The van der Waals surface area contributed by atoms with Crippen molar-refractivity contribution in [2.24, 2.45) is 0 Å². The van der Waals surface area contributed by atoms with Crippen molar-refractivity contribution in [3.05, 3.63) is 48.2 Å². The number of fused-ring (bicyclic) bond motifs is 1. The Balaban J connectivity index is 1.63. The number of pyridine rings is 1. The molecular weight excluding hydrogens is 356 g/mol. The van der Waals surface area contributed by atoms with Crippen LogP contribution in [-0.4, -0.2) is 33.0 Å². The van der Waals surface area contributed by atoms with Crippen LogP contribution in [0.15, 0.2) is 48.2 Å². The molecule has 0 spiro atoms. The molecule has 0 saturated carbocycles. The number of benzene rings is 1. The first kappa shape index (κ1) is 16.1. The van der Waals surface area contributed by atoms with E-state index in [0.717, 1.165) is 40.3 Å². The Morgan fingerprint density at radius 1 is 1.00 bits per heavy atom. The summed E-state index contributed by atoms with van der Waals surface area (Å²) in [5.74, 6) is 0.425. The maximum Gasteiger partial charge on any atom is 0.165 e. The standard InChI is InChI=1S/C20H18N6S/c21-18-17-15(20-22-7-10-27-20)11-16(25-19(17)24-12-23-18)13-3-5-14(6-4-13)26-8-1-2-9-26/h3-7,10-12H,1-2,8-9H2,(H2,21,23,24,25). The van der Waals surface area contributed by atoms with Crippen LogP contribution < -0.4 is 10.6 Å². The second kappa shape index (κ2) is 6.59. The molecule has 5 rings (SSSR count). The molecule has 0 radical (unpaired) electrons. The Labute approximate surface area is 160 Å². The van der Waals surface area contributed by atoms with Gasteiger partial charge in [-0.2, -0.15) is 0 Å². The van der Waals surface area contributed by atoms with Crippen molar-refractivity contribution in [1.29, 1.82) is 0 Å². The van der Waals surface area contributed by atoms with Gasteiger partial charge in [-0.15, -0.1) is 11.3 Å². The van der Waals surface area contributed by atoms with Gasteiger partial charge in [-0.3, -0.25) is 0 Å². The third-order valence-corrected chi connectivity index (χ3v) is 5.74. The molecular formula is C20H18N6S. The predicted molar refractivity (Wildman–Crippen MR) is 110 cm³/mol. The molecule has 1 saturated heterocycles. The van der Waals surface area contributed by atoms with Gasteiger partial charge in [-0.1, -0.05) is 12.1 Å². The molecule has 27 heavy (non-hydrogen) atoms. The van der Waals surface area contributed by atoms with E-state index in [0.29, 0.717) is 11.5 Å². The SMILES string of the molecule is Nc1ncnc2nc(-c3ccc(N4CCCC4)cc3)cc(-c3nccs3)c12. The van der Waals surface area contributed by atoms with Gasteiger partial charge in [0, 0.05) is 41.5 Å². The quantitative estimate of drug-likeness (QED) is 0.584. The van der Waals surface area contributed by atoms with Gasteiger partial charge in [-0.05, 0) is 31.0 Å². The summed E-state index contributed by atoms with van der Waals surface area (Å²) in [7, 11) is 0. The van der Waals surface area contributed by atoms with Crippen molar-refractivity contribution in [3.63, 3.8) is 0 Å². The third-order valence-electron chi connectivity index (χ3n) is 4.93. The van der Waals surface area contributed by atoms with Crippen LogP contribution in [0.4, 0.5) is 11.5 Å². The van der Waals surface area contributed by atoms with Gasteiger partial charge in [-0.25, -0.2) is 19.9 Å². The summed E-state index contributed by atoms with van der Waals surface area (Å²) in [6, 6.07) is 10.6. The Morgan fingerprint density at radius 2 is 1.81 bits per heavy atom. The second-order valence-electron chi connectivity index (χ2n) is 6.59. The van der Waals surface area contributed by atoms with E-state index >= 15 is 0 Å². The number of rotatable bonds is 3. The summed E-state index contributed by atoms with van der Waals surface area (Å²) in [4.78, 5) is 20.1. The van der Waals surface area contributed by atoms with E-state index in [4.69, 9.17) is 10.7 Å². The molecule has 1 aromatic carbocycles. The third kappa shape index (κ3) is 2.90. The zero-order valence-electron chi connectivity index (χ0n) is 14.7. The van der Waals surface area contributed by atoms with Crippen LogP contribution in [0.1, 0.15) is 12.8 Å². The zero-order valence-corrected chi connectivity index (χ0v) is 15.5. The molecule has 0 amide bonds. The van der Waals surface area contributed by atoms with Crippen LogP contribution in [0.25, 0.3) is 32.9 Å². The van der Waals surface area contributed by atoms with Crippen LogP contribution in [0.5, 0.6) is 0 Å². The summed E-state index contributed by atoms with van der Waals surface area (Å²) >= 11 is 1.57. The molecule has 1 aliphatic heterocycles. The highest BCUT2D eigenvalue weighted by molar-refractivity contribution is 7.13. The summed E-state index contributed by atoms with van der Waals surface area (Å²) in [5.41, 5.74) is 10.8. The lowest BCUT2D eigenvalue weighted by Crippen LogP contribution is -2.17. The summed E-state index contributed by atoms with van der Waals surface area (Å²) < 4.78 is 0. The number of nitrogen functional groups attached to an aromatic ring is 1. The topological polar surface area (TPSA) is 80.8 Å². The largest absolute Gasteiger partial charge is 0.383 e. The highest BCUT2D eigenvalue weighted by atomic mass is 32.1. The first-order valence-electron chi connectivity index (χ1n) is 8.96. The van der Waals surface area contributed by atoms with Crippen molar-refractivity contribution >= 4 is 33.9 Å². The number of hydrogen-bond acceptors (Lipinski definition) is 7. The minimum Gasteiger partial charge on any atom is -0.383 e. The minimum atomic E-state index is 0.425. The van der Waals surface area contributed by atoms with Crippen molar-refractivity contribution in [1.82, 2.24) is 19.9 Å². The summed E-state index contributed by atoms with van der Waals surface area (Å²) in [5, 5.41) is 3.59. The van der Waals surface area contributed by atoms with Gasteiger partial charge >= 0.3 is 0 Å². The predicted octanol–water partition coefficient (Wildman–Crippen LogP) is 4.00. The molecule has 0 aliphatic carbocycles. The lowest BCUT2D eigenvalue weighted by atomic mass is 10.1. The fourth-order valence-corrected chi connectivity index (χ4v) is 4.24. The molecule has 0 bridgehead atoms. The molecule has 7 heteroatoms. The van der Waals surface area contributed by atoms with Crippen LogP contribution in [0, 0.1) is 0 Å². The number of aromatic nitrogens is 4. The molecule has 4 aromatic rings. The van der Waals surface area contributed by atoms with E-state index in [2.05, 4.69) is 44.1 Å². The molecule has 4 heterocycles. The molecule has 134 valence electrons. The molecule has 1 aliphatic rings. The van der Waals surface area contributed by atoms with Gasteiger partial charge in [0.05, 0.1) is 11.1 Å². The highest BCUT2D eigenvalue weighted by Gasteiger charge is 2.16.